The van der Waals surface area contributed by atoms with Crippen LogP contribution in [0.5, 0.6) is 0 Å². The van der Waals surface area contributed by atoms with E-state index in [2.05, 4.69) is 18.3 Å². The van der Waals surface area contributed by atoms with Crippen LogP contribution >= 0.6 is 0 Å². The zero-order valence-corrected chi connectivity index (χ0v) is 7.85. The summed E-state index contributed by atoms with van der Waals surface area (Å²) in [5.74, 6) is 0.502. The van der Waals surface area contributed by atoms with Crippen molar-refractivity contribution in [3.8, 4) is 0 Å². The highest BCUT2D eigenvalue weighted by atomic mass is 16.5. The van der Waals surface area contributed by atoms with Gasteiger partial charge in [-0.1, -0.05) is 26.0 Å². The molecule has 0 spiro atoms. The van der Waals surface area contributed by atoms with Gasteiger partial charge in [-0.25, -0.2) is 4.99 Å². The van der Waals surface area contributed by atoms with Gasteiger partial charge in [-0.05, 0) is 13.6 Å². The maximum Gasteiger partial charge on any atom is 0.212 e. The molecule has 0 aromatic rings. The number of hydrogen-bond acceptors (Lipinski definition) is 2. The Kier molecular flexibility index (Phi) is 10.3. The summed E-state index contributed by atoms with van der Waals surface area (Å²) in [6.45, 7) is 12.8. The average molecular weight is 155 g/mol. The monoisotopic (exact) mass is 155 g/mol. The molecule has 0 radical (unpaired) electrons. The minimum absolute atomic E-state index is 0.502. The van der Waals surface area contributed by atoms with E-state index in [-0.39, 0.29) is 0 Å². The average Bonchev–Trinajstić information content (AvgIpc) is 2.03. The van der Waals surface area contributed by atoms with Crippen molar-refractivity contribution in [3.63, 3.8) is 0 Å². The van der Waals surface area contributed by atoms with Gasteiger partial charge in [0.2, 0.25) is 5.88 Å². The molecule has 64 valence electrons. The molecule has 0 saturated heterocycles. The van der Waals surface area contributed by atoms with Crippen molar-refractivity contribution in [3.05, 3.63) is 24.1 Å². The quantitative estimate of drug-likeness (QED) is 0.349. The SMILES string of the molecule is C=N/C(=C\C(=C)C)OC.CC. The van der Waals surface area contributed by atoms with Crippen LogP contribution in [0.1, 0.15) is 20.8 Å². The summed E-state index contributed by atoms with van der Waals surface area (Å²) in [6.07, 6.45) is 1.72. The van der Waals surface area contributed by atoms with Crippen molar-refractivity contribution in [2.75, 3.05) is 7.11 Å². The van der Waals surface area contributed by atoms with Crippen LogP contribution in [0.3, 0.4) is 0 Å². The highest BCUT2D eigenvalue weighted by Gasteiger charge is 1.86. The van der Waals surface area contributed by atoms with E-state index >= 15 is 0 Å². The number of ether oxygens (including phenoxy) is 1. The zero-order valence-electron chi connectivity index (χ0n) is 7.85. The van der Waals surface area contributed by atoms with Gasteiger partial charge in [0.25, 0.3) is 0 Å². The lowest BCUT2D eigenvalue weighted by Crippen LogP contribution is -1.80. The Morgan fingerprint density at radius 1 is 1.45 bits per heavy atom. The molecule has 0 saturated carbocycles. The number of hydrogen-bond donors (Lipinski definition) is 0. The van der Waals surface area contributed by atoms with Crippen LogP contribution in [0.2, 0.25) is 0 Å². The van der Waals surface area contributed by atoms with Crippen molar-refractivity contribution < 1.29 is 4.74 Å². The molecule has 11 heavy (non-hydrogen) atoms. The molecule has 0 unspecified atom stereocenters. The van der Waals surface area contributed by atoms with Crippen LogP contribution in [0, 0.1) is 0 Å². The minimum atomic E-state index is 0.502. The van der Waals surface area contributed by atoms with E-state index in [0.29, 0.717) is 5.88 Å². The maximum absolute atomic E-state index is 4.78. The van der Waals surface area contributed by atoms with E-state index < -0.39 is 0 Å². The van der Waals surface area contributed by atoms with Crippen LogP contribution < -0.4 is 0 Å². The fraction of sp³-hybridized carbons (Fsp3) is 0.444. The maximum atomic E-state index is 4.78. The summed E-state index contributed by atoms with van der Waals surface area (Å²) in [5, 5.41) is 0. The van der Waals surface area contributed by atoms with Crippen LogP contribution in [-0.4, -0.2) is 13.8 Å². The summed E-state index contributed by atoms with van der Waals surface area (Å²) < 4.78 is 4.78. The molecule has 0 aliphatic rings. The van der Waals surface area contributed by atoms with Crippen molar-refractivity contribution in [2.24, 2.45) is 4.99 Å². The van der Waals surface area contributed by atoms with Gasteiger partial charge < -0.3 is 4.74 Å². The number of allylic oxidation sites excluding steroid dienone is 2. The molecule has 0 atom stereocenters. The second-order valence-electron chi connectivity index (χ2n) is 1.69. The first-order valence-electron chi connectivity index (χ1n) is 3.58. The predicted molar refractivity (Wildman–Crippen MR) is 50.8 cm³/mol. The number of methoxy groups -OCH3 is 1. The Hall–Kier alpha value is -1.05. The summed E-state index contributed by atoms with van der Waals surface area (Å²) in [4.78, 5) is 3.57. The van der Waals surface area contributed by atoms with Crippen LogP contribution in [0.25, 0.3) is 0 Å². The van der Waals surface area contributed by atoms with E-state index in [1.807, 2.05) is 20.8 Å². The van der Waals surface area contributed by atoms with E-state index in [4.69, 9.17) is 4.74 Å². The molecule has 2 nitrogen and oxygen atoms in total. The molecule has 0 heterocycles. The van der Waals surface area contributed by atoms with E-state index in [9.17, 15) is 0 Å². The van der Waals surface area contributed by atoms with Crippen LogP contribution in [0.4, 0.5) is 0 Å². The van der Waals surface area contributed by atoms with Gasteiger partial charge in [0.1, 0.15) is 0 Å². The molecule has 0 aromatic carbocycles. The van der Waals surface area contributed by atoms with Crippen molar-refractivity contribution in [2.45, 2.75) is 20.8 Å². The Morgan fingerprint density at radius 3 is 2.00 bits per heavy atom. The third-order valence-corrected chi connectivity index (χ3v) is 0.735. The lowest BCUT2D eigenvalue weighted by atomic mass is 10.3. The highest BCUT2D eigenvalue weighted by molar-refractivity contribution is 5.29. The minimum Gasteiger partial charge on any atom is -0.481 e. The first-order valence-corrected chi connectivity index (χ1v) is 3.58. The molecule has 0 aromatic heterocycles. The number of aliphatic imine (C=N–C) groups is 1. The summed E-state index contributed by atoms with van der Waals surface area (Å²) in [5.41, 5.74) is 0.902. The second kappa shape index (κ2) is 8.95. The lowest BCUT2D eigenvalue weighted by molar-refractivity contribution is 0.289. The first kappa shape index (κ1) is 12.6. The molecule has 0 aliphatic carbocycles. The van der Waals surface area contributed by atoms with Crippen molar-refractivity contribution in [1.29, 1.82) is 0 Å². The van der Waals surface area contributed by atoms with E-state index in [1.165, 1.54) is 0 Å². The van der Waals surface area contributed by atoms with Crippen molar-refractivity contribution >= 4 is 6.72 Å². The smallest absolute Gasteiger partial charge is 0.212 e. The van der Waals surface area contributed by atoms with E-state index in [0.717, 1.165) is 5.57 Å². The number of nitrogens with zero attached hydrogens (tertiary/aromatic N) is 1. The van der Waals surface area contributed by atoms with Gasteiger partial charge in [-0.2, -0.15) is 0 Å². The van der Waals surface area contributed by atoms with Gasteiger partial charge in [-0.3, -0.25) is 0 Å². The highest BCUT2D eigenvalue weighted by Crippen LogP contribution is 2.00. The molecular formula is C9H17NO. The zero-order chi connectivity index (χ0) is 9.28. The summed E-state index contributed by atoms with van der Waals surface area (Å²) in [6, 6.07) is 0. The molecule has 0 amide bonds. The first-order chi connectivity index (χ1) is 5.20. The summed E-state index contributed by atoms with van der Waals surface area (Å²) >= 11 is 0. The van der Waals surface area contributed by atoms with Gasteiger partial charge in [0.05, 0.1) is 7.11 Å². The summed E-state index contributed by atoms with van der Waals surface area (Å²) in [7, 11) is 1.55. The van der Waals surface area contributed by atoms with Gasteiger partial charge in [-0.15, -0.1) is 0 Å². The normalized spacial score (nSPS) is 9.27. The Morgan fingerprint density at radius 2 is 1.91 bits per heavy atom. The molecule has 0 bridgehead atoms. The Balaban J connectivity index is 0. The van der Waals surface area contributed by atoms with Gasteiger partial charge in [0.15, 0.2) is 0 Å². The Bertz CT molecular complexity index is 148. The van der Waals surface area contributed by atoms with Gasteiger partial charge >= 0.3 is 0 Å². The second-order valence-corrected chi connectivity index (χ2v) is 1.69. The molecule has 0 fully saturated rings. The Labute approximate surface area is 69.3 Å². The lowest BCUT2D eigenvalue weighted by Gasteiger charge is -1.96. The third kappa shape index (κ3) is 8.95. The van der Waals surface area contributed by atoms with Crippen LogP contribution in [-0.2, 0) is 4.74 Å². The van der Waals surface area contributed by atoms with Gasteiger partial charge in [0, 0.05) is 6.08 Å². The molecular weight excluding hydrogens is 138 g/mol. The fourth-order valence-corrected chi connectivity index (χ4v) is 0.380. The number of rotatable bonds is 3. The third-order valence-electron chi connectivity index (χ3n) is 0.735. The van der Waals surface area contributed by atoms with Crippen molar-refractivity contribution in [1.82, 2.24) is 0 Å². The fourth-order valence-electron chi connectivity index (χ4n) is 0.380. The molecule has 0 N–H and O–H groups in total. The molecule has 0 rings (SSSR count). The van der Waals surface area contributed by atoms with E-state index in [1.54, 1.807) is 13.2 Å². The standard InChI is InChI=1S/C7H11NO.C2H6/c1-6(2)5-7(8-3)9-4;1-2/h5H,1,3H2,2,4H3;1-2H3/b7-5+;. The molecule has 0 aliphatic heterocycles. The van der Waals surface area contributed by atoms with Crippen LogP contribution in [0.15, 0.2) is 29.1 Å². The largest absolute Gasteiger partial charge is 0.481 e. The molecule has 2 heteroatoms. The topological polar surface area (TPSA) is 21.6 Å². The predicted octanol–water partition coefficient (Wildman–Crippen LogP) is 2.78.